The van der Waals surface area contributed by atoms with Crippen molar-refractivity contribution in [2.45, 2.75) is 32.2 Å². The zero-order chi connectivity index (χ0) is 13.2. The van der Waals surface area contributed by atoms with E-state index in [0.29, 0.717) is 5.56 Å². The quantitative estimate of drug-likeness (QED) is 0.877. The fourth-order valence-corrected chi connectivity index (χ4v) is 2.69. The van der Waals surface area contributed by atoms with Gasteiger partial charge in [0.05, 0.1) is 11.7 Å². The van der Waals surface area contributed by atoms with Crippen LogP contribution in [0.3, 0.4) is 0 Å². The molecule has 0 amide bonds. The van der Waals surface area contributed by atoms with Crippen LogP contribution in [0.15, 0.2) is 36.5 Å². The number of pyridine rings is 1. The maximum atomic E-state index is 13.3. The lowest BCUT2D eigenvalue weighted by atomic mass is 9.91. The van der Waals surface area contributed by atoms with E-state index < -0.39 is 0 Å². The van der Waals surface area contributed by atoms with Crippen molar-refractivity contribution in [3.63, 3.8) is 0 Å². The Morgan fingerprint density at radius 3 is 3.05 bits per heavy atom. The molecule has 1 aromatic heterocycles. The summed E-state index contributed by atoms with van der Waals surface area (Å²) in [5, 5.41) is 3.48. The van der Waals surface area contributed by atoms with E-state index in [-0.39, 0.29) is 11.9 Å². The zero-order valence-corrected chi connectivity index (χ0v) is 11.0. The SMILES string of the molecule is Cc1cc(NC2CCCc3cccnc32)ccc1F. The first-order valence-corrected chi connectivity index (χ1v) is 6.70. The first-order valence-electron chi connectivity index (χ1n) is 6.70. The smallest absolute Gasteiger partial charge is 0.126 e. The molecule has 0 fully saturated rings. The van der Waals surface area contributed by atoms with Gasteiger partial charge in [0.25, 0.3) is 0 Å². The molecule has 1 aliphatic rings. The largest absolute Gasteiger partial charge is 0.377 e. The van der Waals surface area contributed by atoms with Crippen LogP contribution in [0.2, 0.25) is 0 Å². The molecule has 1 aromatic carbocycles. The average Bonchev–Trinajstić information content (AvgIpc) is 2.43. The molecule has 0 aliphatic heterocycles. The molecule has 19 heavy (non-hydrogen) atoms. The lowest BCUT2D eigenvalue weighted by molar-refractivity contribution is 0.582. The lowest BCUT2D eigenvalue weighted by Gasteiger charge is -2.26. The summed E-state index contributed by atoms with van der Waals surface area (Å²) in [7, 11) is 0. The molecule has 0 saturated heterocycles. The van der Waals surface area contributed by atoms with Crippen LogP contribution >= 0.6 is 0 Å². The van der Waals surface area contributed by atoms with E-state index in [1.807, 2.05) is 18.3 Å². The van der Waals surface area contributed by atoms with Gasteiger partial charge in [0.2, 0.25) is 0 Å². The highest BCUT2D eigenvalue weighted by Gasteiger charge is 2.21. The van der Waals surface area contributed by atoms with Crippen molar-refractivity contribution in [3.8, 4) is 0 Å². The third-order valence-corrected chi connectivity index (χ3v) is 3.69. The molecule has 1 heterocycles. The van der Waals surface area contributed by atoms with Gasteiger partial charge in [-0.2, -0.15) is 0 Å². The molecular weight excluding hydrogens is 239 g/mol. The molecule has 0 spiro atoms. The van der Waals surface area contributed by atoms with Gasteiger partial charge in [0, 0.05) is 11.9 Å². The number of aryl methyl sites for hydroxylation is 2. The summed E-state index contributed by atoms with van der Waals surface area (Å²) in [6.07, 6.45) is 5.18. The van der Waals surface area contributed by atoms with Gasteiger partial charge < -0.3 is 5.32 Å². The highest BCUT2D eigenvalue weighted by molar-refractivity contribution is 5.48. The fraction of sp³-hybridized carbons (Fsp3) is 0.312. The number of nitrogens with zero attached hydrogens (tertiary/aromatic N) is 1. The number of anilines is 1. The summed E-state index contributed by atoms with van der Waals surface area (Å²) < 4.78 is 13.3. The normalized spacial score (nSPS) is 17.9. The monoisotopic (exact) mass is 256 g/mol. The molecule has 0 bridgehead atoms. The third kappa shape index (κ3) is 2.46. The molecule has 3 heteroatoms. The zero-order valence-electron chi connectivity index (χ0n) is 11.0. The van der Waals surface area contributed by atoms with E-state index >= 15 is 0 Å². The number of rotatable bonds is 2. The van der Waals surface area contributed by atoms with Gasteiger partial charge in [0.1, 0.15) is 5.82 Å². The predicted molar refractivity (Wildman–Crippen MR) is 74.7 cm³/mol. The first kappa shape index (κ1) is 12.2. The summed E-state index contributed by atoms with van der Waals surface area (Å²) in [5.41, 5.74) is 4.09. The third-order valence-electron chi connectivity index (χ3n) is 3.69. The van der Waals surface area contributed by atoms with Crippen molar-refractivity contribution in [3.05, 3.63) is 59.2 Å². The van der Waals surface area contributed by atoms with E-state index in [4.69, 9.17) is 0 Å². The summed E-state index contributed by atoms with van der Waals surface area (Å²) in [6.45, 7) is 1.79. The van der Waals surface area contributed by atoms with Gasteiger partial charge in [0.15, 0.2) is 0 Å². The maximum Gasteiger partial charge on any atom is 0.126 e. The minimum atomic E-state index is -0.160. The molecule has 2 aromatic rings. The number of aromatic nitrogens is 1. The molecule has 0 saturated carbocycles. The van der Waals surface area contributed by atoms with Gasteiger partial charge in [-0.3, -0.25) is 4.98 Å². The second kappa shape index (κ2) is 5.00. The Morgan fingerprint density at radius 1 is 1.32 bits per heavy atom. The van der Waals surface area contributed by atoms with E-state index in [9.17, 15) is 4.39 Å². The second-order valence-electron chi connectivity index (χ2n) is 5.10. The van der Waals surface area contributed by atoms with Crippen LogP contribution in [0, 0.1) is 12.7 Å². The van der Waals surface area contributed by atoms with Crippen LogP contribution in [0.4, 0.5) is 10.1 Å². The molecule has 1 atom stereocenters. The molecule has 1 unspecified atom stereocenters. The van der Waals surface area contributed by atoms with E-state index in [1.54, 1.807) is 13.0 Å². The van der Waals surface area contributed by atoms with Crippen LogP contribution in [0.25, 0.3) is 0 Å². The molecule has 3 rings (SSSR count). The Morgan fingerprint density at radius 2 is 2.21 bits per heavy atom. The van der Waals surface area contributed by atoms with E-state index in [1.165, 1.54) is 11.6 Å². The maximum absolute atomic E-state index is 13.3. The number of benzene rings is 1. The van der Waals surface area contributed by atoms with Crippen molar-refractivity contribution in [1.82, 2.24) is 4.98 Å². The van der Waals surface area contributed by atoms with Crippen LogP contribution < -0.4 is 5.32 Å². The number of fused-ring (bicyclic) bond motifs is 1. The minimum Gasteiger partial charge on any atom is -0.377 e. The lowest BCUT2D eigenvalue weighted by Crippen LogP contribution is -2.18. The van der Waals surface area contributed by atoms with Crippen molar-refractivity contribution in [1.29, 1.82) is 0 Å². The number of halogens is 1. The Balaban J connectivity index is 1.86. The van der Waals surface area contributed by atoms with Gasteiger partial charge in [-0.05, 0) is 61.6 Å². The van der Waals surface area contributed by atoms with Crippen LogP contribution in [-0.4, -0.2) is 4.98 Å². The highest BCUT2D eigenvalue weighted by atomic mass is 19.1. The molecular formula is C16H17FN2. The highest BCUT2D eigenvalue weighted by Crippen LogP contribution is 2.31. The Hall–Kier alpha value is -1.90. The van der Waals surface area contributed by atoms with Crippen LogP contribution in [-0.2, 0) is 6.42 Å². The van der Waals surface area contributed by atoms with Gasteiger partial charge >= 0.3 is 0 Å². The molecule has 2 nitrogen and oxygen atoms in total. The van der Waals surface area contributed by atoms with Crippen molar-refractivity contribution in [2.24, 2.45) is 0 Å². The summed E-state index contributed by atoms with van der Waals surface area (Å²) in [6, 6.07) is 9.52. The summed E-state index contributed by atoms with van der Waals surface area (Å²) in [4.78, 5) is 4.50. The summed E-state index contributed by atoms with van der Waals surface area (Å²) >= 11 is 0. The van der Waals surface area contributed by atoms with E-state index in [2.05, 4.69) is 16.4 Å². The Labute approximate surface area is 112 Å². The number of hydrogen-bond acceptors (Lipinski definition) is 2. The van der Waals surface area contributed by atoms with E-state index in [0.717, 1.165) is 30.6 Å². The average molecular weight is 256 g/mol. The van der Waals surface area contributed by atoms with Gasteiger partial charge in [-0.1, -0.05) is 6.07 Å². The molecule has 0 radical (unpaired) electrons. The predicted octanol–water partition coefficient (Wildman–Crippen LogP) is 4.02. The first-order chi connectivity index (χ1) is 9.24. The minimum absolute atomic E-state index is 0.160. The Kier molecular flexibility index (Phi) is 3.20. The van der Waals surface area contributed by atoms with Crippen molar-refractivity contribution in [2.75, 3.05) is 5.32 Å². The second-order valence-corrected chi connectivity index (χ2v) is 5.10. The molecule has 98 valence electrons. The fourth-order valence-electron chi connectivity index (χ4n) is 2.69. The number of hydrogen-bond donors (Lipinski definition) is 1. The van der Waals surface area contributed by atoms with Crippen molar-refractivity contribution < 1.29 is 4.39 Å². The van der Waals surface area contributed by atoms with Crippen LogP contribution in [0.1, 0.15) is 35.7 Å². The Bertz CT molecular complexity index is 595. The molecule has 1 N–H and O–H groups in total. The van der Waals surface area contributed by atoms with Gasteiger partial charge in [-0.15, -0.1) is 0 Å². The summed E-state index contributed by atoms with van der Waals surface area (Å²) in [5.74, 6) is -0.160. The topological polar surface area (TPSA) is 24.9 Å². The van der Waals surface area contributed by atoms with Crippen LogP contribution in [0.5, 0.6) is 0 Å². The van der Waals surface area contributed by atoms with Crippen molar-refractivity contribution >= 4 is 5.69 Å². The standard InChI is InChI=1S/C16H17FN2/c1-11-10-13(7-8-14(11)17)19-15-6-2-4-12-5-3-9-18-16(12)15/h3,5,7-10,15,19H,2,4,6H2,1H3. The molecule has 1 aliphatic carbocycles. The van der Waals surface area contributed by atoms with Gasteiger partial charge in [-0.25, -0.2) is 4.39 Å². The number of nitrogens with one attached hydrogen (secondary N) is 1.